The summed E-state index contributed by atoms with van der Waals surface area (Å²) in [5, 5.41) is 3.21. The van der Waals surface area contributed by atoms with Crippen LogP contribution in [0.4, 0.5) is 9.59 Å². The Morgan fingerprint density at radius 1 is 1.06 bits per heavy atom. The van der Waals surface area contributed by atoms with Crippen LogP contribution in [0.3, 0.4) is 0 Å². The van der Waals surface area contributed by atoms with Crippen molar-refractivity contribution in [2.24, 2.45) is 5.73 Å². The highest BCUT2D eigenvalue weighted by atomic mass is 28.4. The van der Waals surface area contributed by atoms with Gasteiger partial charge in [0.2, 0.25) is 6.17 Å². The van der Waals surface area contributed by atoms with Crippen LogP contribution in [0.25, 0.3) is 0 Å². The standard InChI is InChI=1S/C12H16N3O3.C8H22N2O3Si/c1-4-7-10-13(8-5-2)11(16)14(9-6-3)12(17)15(10)18;1-11-14(12-2,13-3)8-4-6-10-7-5-9/h4-6,10H,1-3,7-9H2;10H,4-9H2,1-3H3/q+1;. The average molecular weight is 473 g/mol. The van der Waals surface area contributed by atoms with Gasteiger partial charge in [-0.05, 0) is 19.0 Å². The minimum atomic E-state index is -2.35. The van der Waals surface area contributed by atoms with Crippen molar-refractivity contribution < 1.29 is 27.6 Å². The number of carbonyl (C=O) groups excluding carboxylic acids is 2. The number of rotatable bonds is 15. The highest BCUT2D eigenvalue weighted by Gasteiger charge is 2.50. The highest BCUT2D eigenvalue weighted by molar-refractivity contribution is 6.60. The first-order valence-electron chi connectivity index (χ1n) is 10.3. The largest absolute Gasteiger partial charge is 0.543 e. The van der Waals surface area contributed by atoms with Gasteiger partial charge in [-0.25, -0.2) is 4.79 Å². The van der Waals surface area contributed by atoms with Crippen LogP contribution in [0, 0.1) is 4.91 Å². The molecule has 1 atom stereocenters. The molecule has 32 heavy (non-hydrogen) atoms. The molecule has 1 fully saturated rings. The molecule has 1 unspecified atom stereocenters. The maximum Gasteiger partial charge on any atom is 0.543 e. The molecule has 0 aromatic rings. The molecule has 0 radical (unpaired) electrons. The van der Waals surface area contributed by atoms with Crippen LogP contribution in [0.15, 0.2) is 38.0 Å². The molecule has 1 aliphatic rings. The number of nitrogens with one attached hydrogen (secondary N) is 1. The van der Waals surface area contributed by atoms with Crippen molar-refractivity contribution in [2.45, 2.75) is 25.1 Å². The lowest BCUT2D eigenvalue weighted by molar-refractivity contribution is -0.529. The Hall–Kier alpha value is -2.22. The second kappa shape index (κ2) is 16.4. The van der Waals surface area contributed by atoms with Crippen molar-refractivity contribution in [1.29, 1.82) is 0 Å². The Bertz CT molecular complexity index is 636. The van der Waals surface area contributed by atoms with E-state index in [0.717, 1.165) is 30.5 Å². The summed E-state index contributed by atoms with van der Waals surface area (Å²) in [5.74, 6) is 0. The van der Waals surface area contributed by atoms with E-state index < -0.39 is 27.0 Å². The minimum Gasteiger partial charge on any atom is -0.377 e. The number of amides is 4. The minimum absolute atomic E-state index is 0.00482. The van der Waals surface area contributed by atoms with E-state index in [1.807, 2.05) is 0 Å². The van der Waals surface area contributed by atoms with Crippen LogP contribution in [-0.4, -0.2) is 95.6 Å². The van der Waals surface area contributed by atoms with Gasteiger partial charge < -0.3 is 24.3 Å². The Labute approximate surface area is 191 Å². The summed E-state index contributed by atoms with van der Waals surface area (Å²) in [4.78, 5) is 37.8. The van der Waals surface area contributed by atoms with E-state index in [9.17, 15) is 14.5 Å². The molecule has 0 aromatic heterocycles. The zero-order valence-electron chi connectivity index (χ0n) is 19.5. The Morgan fingerprint density at radius 2 is 1.66 bits per heavy atom. The molecular formula is C20H38N5O6Si+. The summed E-state index contributed by atoms with van der Waals surface area (Å²) in [6.45, 7) is 13.1. The molecule has 182 valence electrons. The molecule has 1 rings (SSSR count). The van der Waals surface area contributed by atoms with Crippen molar-refractivity contribution in [2.75, 3.05) is 54.1 Å². The van der Waals surface area contributed by atoms with Gasteiger partial charge in [-0.15, -0.1) is 18.1 Å². The van der Waals surface area contributed by atoms with E-state index in [1.54, 1.807) is 21.3 Å². The molecule has 0 spiro atoms. The fourth-order valence-corrected chi connectivity index (χ4v) is 4.67. The van der Waals surface area contributed by atoms with Gasteiger partial charge in [-0.3, -0.25) is 4.90 Å². The molecule has 0 aromatic carbocycles. The van der Waals surface area contributed by atoms with Crippen molar-refractivity contribution >= 4 is 20.9 Å². The smallest absolute Gasteiger partial charge is 0.377 e. The van der Waals surface area contributed by atoms with Crippen LogP contribution in [0.2, 0.25) is 6.04 Å². The van der Waals surface area contributed by atoms with Crippen LogP contribution in [0.5, 0.6) is 0 Å². The molecule has 3 N–H and O–H groups in total. The van der Waals surface area contributed by atoms with Crippen LogP contribution in [0.1, 0.15) is 12.8 Å². The van der Waals surface area contributed by atoms with E-state index in [4.69, 9.17) is 19.0 Å². The number of hydrogen-bond donors (Lipinski definition) is 2. The number of nitrogens with two attached hydrogens (primary N) is 1. The fourth-order valence-electron chi connectivity index (χ4n) is 2.95. The quantitative estimate of drug-likeness (QED) is 0.160. The maximum atomic E-state index is 12.1. The molecule has 11 nitrogen and oxygen atoms in total. The summed E-state index contributed by atoms with van der Waals surface area (Å²) in [5.41, 5.74) is 5.35. The van der Waals surface area contributed by atoms with Crippen molar-refractivity contribution in [3.05, 3.63) is 42.9 Å². The molecule has 12 heteroatoms. The molecule has 1 saturated heterocycles. The molecule has 0 aliphatic carbocycles. The lowest BCUT2D eigenvalue weighted by Crippen LogP contribution is -2.62. The highest BCUT2D eigenvalue weighted by Crippen LogP contribution is 2.18. The predicted octanol–water partition coefficient (Wildman–Crippen LogP) is 1.70. The molecule has 1 heterocycles. The van der Waals surface area contributed by atoms with Gasteiger partial charge >= 0.3 is 20.9 Å². The van der Waals surface area contributed by atoms with Crippen molar-refractivity contribution in [1.82, 2.24) is 15.1 Å². The van der Waals surface area contributed by atoms with E-state index >= 15 is 0 Å². The van der Waals surface area contributed by atoms with Gasteiger partial charge in [0.25, 0.3) is 0 Å². The summed E-state index contributed by atoms with van der Waals surface area (Å²) in [6, 6.07) is -0.556. The van der Waals surface area contributed by atoms with E-state index in [0.29, 0.717) is 6.54 Å². The summed E-state index contributed by atoms with van der Waals surface area (Å²) in [6.07, 6.45) is 4.72. The predicted molar refractivity (Wildman–Crippen MR) is 125 cm³/mol. The third-order valence-electron chi connectivity index (χ3n) is 4.63. The van der Waals surface area contributed by atoms with E-state index in [-0.39, 0.29) is 24.3 Å². The van der Waals surface area contributed by atoms with Gasteiger partial charge in [-0.1, -0.05) is 23.6 Å². The monoisotopic (exact) mass is 472 g/mol. The lowest BCUT2D eigenvalue weighted by Gasteiger charge is -2.31. The first-order valence-corrected chi connectivity index (χ1v) is 12.2. The van der Waals surface area contributed by atoms with Gasteiger partial charge in [0, 0.05) is 58.2 Å². The number of nitrogens with zero attached hydrogens (tertiary/aromatic N) is 3. The van der Waals surface area contributed by atoms with Gasteiger partial charge in [0.05, 0.1) is 0 Å². The second-order valence-corrected chi connectivity index (χ2v) is 9.76. The van der Waals surface area contributed by atoms with Crippen molar-refractivity contribution in [3.8, 4) is 0 Å². The Kier molecular flexibility index (Phi) is 15.3. The first kappa shape index (κ1) is 29.8. The summed E-state index contributed by atoms with van der Waals surface area (Å²) in [7, 11) is 2.55. The first-order chi connectivity index (χ1) is 15.3. The third kappa shape index (κ3) is 8.73. The van der Waals surface area contributed by atoms with Gasteiger partial charge in [-0.2, -0.15) is 4.79 Å². The molecule has 0 saturated carbocycles. The third-order valence-corrected chi connectivity index (χ3v) is 7.46. The molecule has 1 aliphatic heterocycles. The Balaban J connectivity index is 0.000000622. The van der Waals surface area contributed by atoms with E-state index in [2.05, 4.69) is 25.1 Å². The van der Waals surface area contributed by atoms with Crippen LogP contribution in [-0.2, 0) is 13.3 Å². The van der Waals surface area contributed by atoms with Gasteiger partial charge in [0.15, 0.2) is 0 Å². The number of carbonyl (C=O) groups is 2. The number of urea groups is 2. The SMILES string of the molecule is C=CCC1N(CC=C)C(=O)N(CC=C)C(=O)[N+]1=O.CO[Si](CCCNCCN)(OC)OC. The molecule has 0 bridgehead atoms. The Morgan fingerprint density at radius 3 is 2.12 bits per heavy atom. The average Bonchev–Trinajstić information content (AvgIpc) is 2.81. The number of nitroso groups, excluding NO2 is 1. The van der Waals surface area contributed by atoms with Crippen LogP contribution < -0.4 is 11.1 Å². The van der Waals surface area contributed by atoms with Gasteiger partial charge in [0.1, 0.15) is 6.54 Å². The van der Waals surface area contributed by atoms with Crippen LogP contribution >= 0.6 is 0 Å². The molecular weight excluding hydrogens is 434 g/mol. The van der Waals surface area contributed by atoms with Crippen molar-refractivity contribution in [3.63, 3.8) is 0 Å². The summed E-state index contributed by atoms with van der Waals surface area (Å²) >= 11 is 0. The summed E-state index contributed by atoms with van der Waals surface area (Å²) < 4.78 is 16.1. The van der Waals surface area contributed by atoms with E-state index in [1.165, 1.54) is 23.1 Å². The fraction of sp³-hybridized carbons (Fsp3) is 0.600. The second-order valence-electron chi connectivity index (χ2n) is 6.67. The zero-order valence-corrected chi connectivity index (χ0v) is 20.5. The number of hydrogen-bond acceptors (Lipinski definition) is 8. The topological polar surface area (TPSA) is 126 Å². The normalized spacial score (nSPS) is 16.5. The maximum absolute atomic E-state index is 12.1. The number of imide groups is 1. The zero-order chi connectivity index (χ0) is 24.6. The lowest BCUT2D eigenvalue weighted by atomic mass is 10.2. The molecule has 4 amide bonds.